The van der Waals surface area contributed by atoms with Crippen molar-refractivity contribution in [2.24, 2.45) is 0 Å². The normalized spacial score (nSPS) is 13.0. The number of fused-ring (bicyclic) bond motifs is 1. The Bertz CT molecular complexity index is 776. The first-order valence-electron chi connectivity index (χ1n) is 8.48. The average Bonchev–Trinajstić information content (AvgIpc) is 3.02. The Labute approximate surface area is 153 Å². The van der Waals surface area contributed by atoms with Crippen molar-refractivity contribution in [3.8, 4) is 5.75 Å². The van der Waals surface area contributed by atoms with Gasteiger partial charge in [-0.3, -0.25) is 9.69 Å². The van der Waals surface area contributed by atoms with Crippen molar-refractivity contribution in [3.63, 3.8) is 0 Å². The molecule has 1 N–H and O–H groups in total. The van der Waals surface area contributed by atoms with E-state index in [0.29, 0.717) is 18.1 Å². The largest absolute Gasteiger partial charge is 0.496 e. The maximum atomic E-state index is 12.3. The molecule has 0 aliphatic heterocycles. The average molecular weight is 359 g/mol. The van der Waals surface area contributed by atoms with Crippen LogP contribution in [0.1, 0.15) is 23.1 Å². The summed E-state index contributed by atoms with van der Waals surface area (Å²) < 4.78 is 5.36. The van der Waals surface area contributed by atoms with Crippen LogP contribution >= 0.6 is 11.6 Å². The number of carbonyl (C=O) groups is 1. The van der Waals surface area contributed by atoms with Crippen LogP contribution in [0.4, 0.5) is 5.69 Å². The van der Waals surface area contributed by atoms with E-state index in [1.165, 1.54) is 17.5 Å². The van der Waals surface area contributed by atoms with E-state index in [1.54, 1.807) is 13.2 Å². The zero-order chi connectivity index (χ0) is 17.8. The van der Waals surface area contributed by atoms with Gasteiger partial charge in [0.1, 0.15) is 5.75 Å². The second-order valence-electron chi connectivity index (χ2n) is 6.51. The van der Waals surface area contributed by atoms with Gasteiger partial charge in [-0.2, -0.15) is 0 Å². The van der Waals surface area contributed by atoms with E-state index in [-0.39, 0.29) is 5.91 Å². The zero-order valence-corrected chi connectivity index (χ0v) is 15.4. The van der Waals surface area contributed by atoms with E-state index in [0.717, 1.165) is 29.8 Å². The molecule has 132 valence electrons. The van der Waals surface area contributed by atoms with Crippen LogP contribution in [0.25, 0.3) is 0 Å². The number of hydrogen-bond donors (Lipinski definition) is 1. The minimum absolute atomic E-state index is 0.0264. The topological polar surface area (TPSA) is 41.6 Å². The Kier molecular flexibility index (Phi) is 5.61. The first kappa shape index (κ1) is 17.8. The number of nitrogens with zero attached hydrogens (tertiary/aromatic N) is 1. The molecule has 0 saturated carbocycles. The summed E-state index contributed by atoms with van der Waals surface area (Å²) in [7, 11) is 3.54. The van der Waals surface area contributed by atoms with Gasteiger partial charge in [0.15, 0.2) is 0 Å². The number of rotatable bonds is 6. The summed E-state index contributed by atoms with van der Waals surface area (Å²) in [5.41, 5.74) is 4.60. The maximum Gasteiger partial charge on any atom is 0.238 e. The number of ether oxygens (including phenoxy) is 1. The van der Waals surface area contributed by atoms with E-state index in [2.05, 4.69) is 17.4 Å². The van der Waals surface area contributed by atoms with E-state index in [4.69, 9.17) is 16.3 Å². The van der Waals surface area contributed by atoms with Crippen LogP contribution in [-0.2, 0) is 24.2 Å². The number of anilines is 1. The minimum atomic E-state index is -0.0264. The van der Waals surface area contributed by atoms with Crippen molar-refractivity contribution >= 4 is 23.2 Å². The summed E-state index contributed by atoms with van der Waals surface area (Å²) in [6.07, 6.45) is 3.46. The number of nitrogens with one attached hydrogen (secondary N) is 1. The van der Waals surface area contributed by atoms with Gasteiger partial charge in [0.25, 0.3) is 0 Å². The predicted octanol–water partition coefficient (Wildman–Crippen LogP) is 3.91. The summed E-state index contributed by atoms with van der Waals surface area (Å²) in [4.78, 5) is 14.3. The second kappa shape index (κ2) is 7.89. The third kappa shape index (κ3) is 4.53. The summed E-state index contributed by atoms with van der Waals surface area (Å²) in [5.74, 6) is 0.747. The van der Waals surface area contributed by atoms with Crippen molar-refractivity contribution in [2.75, 3.05) is 26.0 Å². The highest BCUT2D eigenvalue weighted by molar-refractivity contribution is 6.30. The quantitative estimate of drug-likeness (QED) is 0.851. The molecule has 0 heterocycles. The van der Waals surface area contributed by atoms with E-state index in [1.807, 2.05) is 30.1 Å². The summed E-state index contributed by atoms with van der Waals surface area (Å²) >= 11 is 6.06. The van der Waals surface area contributed by atoms with Crippen molar-refractivity contribution in [2.45, 2.75) is 25.8 Å². The summed E-state index contributed by atoms with van der Waals surface area (Å²) in [6, 6.07) is 11.7. The highest BCUT2D eigenvalue weighted by Gasteiger charge is 2.14. The van der Waals surface area contributed by atoms with Crippen LogP contribution in [0, 0.1) is 0 Å². The Morgan fingerprint density at radius 2 is 2.00 bits per heavy atom. The van der Waals surface area contributed by atoms with Gasteiger partial charge in [0.2, 0.25) is 5.91 Å². The number of amides is 1. The van der Waals surface area contributed by atoms with Crippen LogP contribution < -0.4 is 10.1 Å². The third-order valence-electron chi connectivity index (χ3n) is 4.48. The lowest BCUT2D eigenvalue weighted by atomic mass is 10.1. The fourth-order valence-corrected chi connectivity index (χ4v) is 3.51. The molecule has 4 nitrogen and oxygen atoms in total. The highest BCUT2D eigenvalue weighted by atomic mass is 35.5. The lowest BCUT2D eigenvalue weighted by molar-refractivity contribution is -0.117. The molecule has 0 aromatic heterocycles. The fourth-order valence-electron chi connectivity index (χ4n) is 3.31. The van der Waals surface area contributed by atoms with Crippen molar-refractivity contribution in [1.82, 2.24) is 4.90 Å². The van der Waals surface area contributed by atoms with Gasteiger partial charge in [0.05, 0.1) is 13.7 Å². The van der Waals surface area contributed by atoms with Crippen LogP contribution in [-0.4, -0.2) is 31.5 Å². The number of benzene rings is 2. The first-order valence-corrected chi connectivity index (χ1v) is 8.85. The molecule has 0 saturated heterocycles. The fraction of sp³-hybridized carbons (Fsp3) is 0.350. The summed E-state index contributed by atoms with van der Waals surface area (Å²) in [6.45, 7) is 0.883. The third-order valence-corrected chi connectivity index (χ3v) is 4.71. The van der Waals surface area contributed by atoms with Crippen LogP contribution in [0.2, 0.25) is 5.02 Å². The Balaban J connectivity index is 1.58. The SMILES string of the molecule is COc1ccc(Cl)cc1CN(C)CC(=O)Nc1ccc2c(c1)CCC2. The molecule has 5 heteroatoms. The van der Waals surface area contributed by atoms with Gasteiger partial charge in [-0.1, -0.05) is 17.7 Å². The molecule has 2 aromatic carbocycles. The van der Waals surface area contributed by atoms with Crippen molar-refractivity contribution in [3.05, 3.63) is 58.1 Å². The lowest BCUT2D eigenvalue weighted by Crippen LogP contribution is -2.30. The predicted molar refractivity (Wildman–Crippen MR) is 101 cm³/mol. The lowest BCUT2D eigenvalue weighted by Gasteiger charge is -2.18. The molecular formula is C20H23ClN2O2. The second-order valence-corrected chi connectivity index (χ2v) is 6.95. The number of hydrogen-bond acceptors (Lipinski definition) is 3. The molecule has 1 amide bonds. The molecule has 25 heavy (non-hydrogen) atoms. The summed E-state index contributed by atoms with van der Waals surface area (Å²) in [5, 5.41) is 3.65. The smallest absolute Gasteiger partial charge is 0.238 e. The number of aryl methyl sites for hydroxylation is 2. The van der Waals surface area contributed by atoms with Gasteiger partial charge < -0.3 is 10.1 Å². The van der Waals surface area contributed by atoms with Crippen molar-refractivity contribution in [1.29, 1.82) is 0 Å². The Morgan fingerprint density at radius 3 is 2.80 bits per heavy atom. The molecular weight excluding hydrogens is 336 g/mol. The molecule has 0 radical (unpaired) electrons. The molecule has 0 atom stereocenters. The molecule has 3 rings (SSSR count). The number of carbonyl (C=O) groups excluding carboxylic acids is 1. The van der Waals surface area contributed by atoms with Gasteiger partial charge in [0, 0.05) is 22.8 Å². The van der Waals surface area contributed by atoms with E-state index in [9.17, 15) is 4.79 Å². The van der Waals surface area contributed by atoms with Crippen molar-refractivity contribution < 1.29 is 9.53 Å². The molecule has 0 spiro atoms. The van der Waals surface area contributed by atoms with Gasteiger partial charge in [-0.05, 0) is 67.8 Å². The first-order chi connectivity index (χ1) is 12.0. The maximum absolute atomic E-state index is 12.3. The molecule has 1 aliphatic carbocycles. The molecule has 2 aromatic rings. The Hall–Kier alpha value is -2.04. The zero-order valence-electron chi connectivity index (χ0n) is 14.6. The molecule has 0 unspecified atom stereocenters. The highest BCUT2D eigenvalue weighted by Crippen LogP contribution is 2.25. The minimum Gasteiger partial charge on any atom is -0.496 e. The van der Waals surface area contributed by atoms with Gasteiger partial charge in [-0.15, -0.1) is 0 Å². The van der Waals surface area contributed by atoms with E-state index < -0.39 is 0 Å². The van der Waals surface area contributed by atoms with Crippen LogP contribution in [0.3, 0.4) is 0 Å². The number of halogens is 1. The van der Waals surface area contributed by atoms with Gasteiger partial charge >= 0.3 is 0 Å². The van der Waals surface area contributed by atoms with E-state index >= 15 is 0 Å². The number of methoxy groups -OCH3 is 1. The molecule has 1 aliphatic rings. The Morgan fingerprint density at radius 1 is 1.20 bits per heavy atom. The van der Waals surface area contributed by atoms with Crippen LogP contribution in [0.5, 0.6) is 5.75 Å². The molecule has 0 bridgehead atoms. The van der Waals surface area contributed by atoms with Crippen LogP contribution in [0.15, 0.2) is 36.4 Å². The number of likely N-dealkylation sites (N-methyl/N-ethyl adjacent to an activating group) is 1. The van der Waals surface area contributed by atoms with Gasteiger partial charge in [-0.25, -0.2) is 0 Å². The standard InChI is InChI=1S/C20H23ClN2O2/c1-23(12-16-10-17(21)7-9-19(16)25-2)13-20(24)22-18-8-6-14-4-3-5-15(14)11-18/h6-11H,3-5,12-13H2,1-2H3,(H,22,24). The monoisotopic (exact) mass is 358 g/mol. The molecule has 0 fully saturated rings.